The van der Waals surface area contributed by atoms with Gasteiger partial charge in [-0.15, -0.1) is 0 Å². The van der Waals surface area contributed by atoms with Gasteiger partial charge in [-0.25, -0.2) is 4.79 Å². The number of methoxy groups -OCH3 is 2. The molecule has 0 aliphatic carbocycles. The molecule has 5 rings (SSSR count). The molecule has 41 heavy (non-hydrogen) atoms. The number of carbonyl (C=O) groups is 2. The Balaban J connectivity index is 1.56. The summed E-state index contributed by atoms with van der Waals surface area (Å²) in [5.41, 5.74) is 5.09. The van der Waals surface area contributed by atoms with Gasteiger partial charge in [-0.1, -0.05) is 37.6 Å². The van der Waals surface area contributed by atoms with Crippen molar-refractivity contribution >= 4 is 23.3 Å². The number of urea groups is 1. The normalized spacial score (nSPS) is 13.7. The summed E-state index contributed by atoms with van der Waals surface area (Å²) in [6.45, 7) is 4.41. The number of aromatic nitrogens is 1. The molecule has 1 aliphatic heterocycles. The van der Waals surface area contributed by atoms with Gasteiger partial charge in [0.15, 0.2) is 0 Å². The lowest BCUT2D eigenvalue weighted by molar-refractivity contribution is -0.119. The molecular weight excluding hydrogens is 516 g/mol. The number of ether oxygens (including phenoxy) is 2. The number of rotatable bonds is 9. The summed E-state index contributed by atoms with van der Waals surface area (Å²) < 4.78 is 13.4. The molecule has 0 spiro atoms. The third-order valence-corrected chi connectivity index (χ3v) is 7.38. The van der Waals surface area contributed by atoms with Gasteiger partial charge in [0.25, 0.3) is 0 Å². The molecule has 3 amide bonds. The number of nitrogens with zero attached hydrogens (tertiary/aromatic N) is 3. The predicted octanol–water partition coefficient (Wildman–Crippen LogP) is 6.57. The van der Waals surface area contributed by atoms with Crippen LogP contribution in [0.4, 0.5) is 16.2 Å². The van der Waals surface area contributed by atoms with Crippen LogP contribution in [-0.2, 0) is 4.79 Å². The number of amides is 3. The SMILES string of the molecule is CCCCN(CC(=O)N1c2ccccc2-n2cccc2C1c1cc(OC)ccc1OC)C(=O)Nc1cccc(C)c1. The van der Waals surface area contributed by atoms with E-state index in [9.17, 15) is 9.59 Å². The molecular formula is C33H36N4O4. The van der Waals surface area contributed by atoms with Crippen LogP contribution in [0.5, 0.6) is 11.5 Å². The van der Waals surface area contributed by atoms with E-state index >= 15 is 0 Å². The van der Waals surface area contributed by atoms with E-state index in [-0.39, 0.29) is 18.5 Å². The quantitative estimate of drug-likeness (QED) is 0.255. The highest BCUT2D eigenvalue weighted by molar-refractivity contribution is 6.01. The molecule has 3 aromatic carbocycles. The standard InChI is InChI=1S/C33H36N4O4/c1-5-6-18-35(33(39)34-24-12-9-11-23(2)20-24)22-31(38)37-28-14-8-7-13-27(28)36-19-10-15-29(36)32(37)26-21-25(40-3)16-17-30(26)41-4/h7-17,19-21,32H,5-6,18,22H2,1-4H3,(H,34,39). The molecule has 1 atom stereocenters. The number of hydrogen-bond acceptors (Lipinski definition) is 4. The zero-order chi connectivity index (χ0) is 28.9. The molecule has 1 N–H and O–H groups in total. The maximum atomic E-state index is 14.4. The van der Waals surface area contributed by atoms with Crippen molar-refractivity contribution in [2.24, 2.45) is 0 Å². The number of fused-ring (bicyclic) bond motifs is 3. The highest BCUT2D eigenvalue weighted by Crippen LogP contribution is 2.45. The molecule has 0 fully saturated rings. The largest absolute Gasteiger partial charge is 0.497 e. The first-order chi connectivity index (χ1) is 19.9. The van der Waals surface area contributed by atoms with Gasteiger partial charge < -0.3 is 24.3 Å². The van der Waals surface area contributed by atoms with Crippen LogP contribution >= 0.6 is 0 Å². The second kappa shape index (κ2) is 12.2. The first-order valence-corrected chi connectivity index (χ1v) is 13.9. The zero-order valence-corrected chi connectivity index (χ0v) is 24.0. The summed E-state index contributed by atoms with van der Waals surface area (Å²) in [7, 11) is 3.24. The average Bonchev–Trinajstić information content (AvgIpc) is 3.48. The van der Waals surface area contributed by atoms with Crippen molar-refractivity contribution in [3.63, 3.8) is 0 Å². The lowest BCUT2D eigenvalue weighted by Crippen LogP contribution is -2.48. The first kappa shape index (κ1) is 27.8. The van der Waals surface area contributed by atoms with Crippen molar-refractivity contribution in [3.05, 3.63) is 102 Å². The molecule has 1 unspecified atom stereocenters. The van der Waals surface area contributed by atoms with E-state index < -0.39 is 6.04 Å². The Bertz CT molecular complexity index is 1550. The van der Waals surface area contributed by atoms with E-state index in [1.807, 2.05) is 92.0 Å². The first-order valence-electron chi connectivity index (χ1n) is 13.9. The van der Waals surface area contributed by atoms with Crippen LogP contribution in [0.25, 0.3) is 5.69 Å². The fraction of sp³-hybridized carbons (Fsp3) is 0.273. The van der Waals surface area contributed by atoms with Gasteiger partial charge in [0.1, 0.15) is 24.1 Å². The number of unbranched alkanes of at least 4 members (excludes halogenated alkanes) is 1. The fourth-order valence-corrected chi connectivity index (χ4v) is 5.38. The lowest BCUT2D eigenvalue weighted by atomic mass is 9.96. The predicted molar refractivity (Wildman–Crippen MR) is 161 cm³/mol. The number of anilines is 2. The minimum absolute atomic E-state index is 0.0878. The molecule has 212 valence electrons. The molecule has 0 saturated heterocycles. The molecule has 0 bridgehead atoms. The van der Waals surface area contributed by atoms with Gasteiger partial charge >= 0.3 is 6.03 Å². The number of benzene rings is 3. The summed E-state index contributed by atoms with van der Waals surface area (Å²) >= 11 is 0. The number of carbonyl (C=O) groups excluding carboxylic acids is 2. The second-order valence-corrected chi connectivity index (χ2v) is 10.1. The Morgan fingerprint density at radius 3 is 2.46 bits per heavy atom. The highest BCUT2D eigenvalue weighted by atomic mass is 16.5. The maximum Gasteiger partial charge on any atom is 0.322 e. The lowest BCUT2D eigenvalue weighted by Gasteiger charge is -2.40. The van der Waals surface area contributed by atoms with Crippen molar-refractivity contribution in [3.8, 4) is 17.2 Å². The van der Waals surface area contributed by atoms with Crippen LogP contribution in [-0.4, -0.2) is 48.7 Å². The number of aryl methyl sites for hydroxylation is 1. The van der Waals surface area contributed by atoms with Crippen molar-refractivity contribution in [1.82, 2.24) is 9.47 Å². The Morgan fingerprint density at radius 2 is 1.73 bits per heavy atom. The van der Waals surface area contributed by atoms with Gasteiger partial charge in [0, 0.05) is 24.0 Å². The zero-order valence-electron chi connectivity index (χ0n) is 24.0. The van der Waals surface area contributed by atoms with E-state index in [2.05, 4.69) is 16.8 Å². The van der Waals surface area contributed by atoms with Gasteiger partial charge in [0.2, 0.25) is 5.91 Å². The highest BCUT2D eigenvalue weighted by Gasteiger charge is 2.38. The van der Waals surface area contributed by atoms with Crippen molar-refractivity contribution in [1.29, 1.82) is 0 Å². The van der Waals surface area contributed by atoms with Gasteiger partial charge in [-0.05, 0) is 73.5 Å². The summed E-state index contributed by atoms with van der Waals surface area (Å²) in [6.07, 6.45) is 3.67. The number of para-hydroxylation sites is 2. The minimum atomic E-state index is -0.509. The Kier molecular flexibility index (Phi) is 8.29. The second-order valence-electron chi connectivity index (χ2n) is 10.1. The van der Waals surface area contributed by atoms with Crippen LogP contribution < -0.4 is 19.7 Å². The van der Waals surface area contributed by atoms with Crippen molar-refractivity contribution in [2.75, 3.05) is 37.5 Å². The van der Waals surface area contributed by atoms with E-state index in [0.717, 1.165) is 41.0 Å². The van der Waals surface area contributed by atoms with Gasteiger partial charge in [-0.2, -0.15) is 0 Å². The Morgan fingerprint density at radius 1 is 0.927 bits per heavy atom. The molecule has 8 heteroatoms. The van der Waals surface area contributed by atoms with E-state index in [1.165, 1.54) is 0 Å². The Hall–Kier alpha value is -4.72. The maximum absolute atomic E-state index is 14.4. The van der Waals surface area contributed by atoms with Crippen molar-refractivity contribution < 1.29 is 19.1 Å². The van der Waals surface area contributed by atoms with Gasteiger partial charge in [0.05, 0.1) is 31.3 Å². The molecule has 4 aromatic rings. The van der Waals surface area contributed by atoms with E-state index in [4.69, 9.17) is 9.47 Å². The van der Waals surface area contributed by atoms with Crippen molar-refractivity contribution in [2.45, 2.75) is 32.7 Å². The molecule has 0 saturated carbocycles. The third kappa shape index (κ3) is 5.63. The third-order valence-electron chi connectivity index (χ3n) is 7.38. The molecule has 1 aliphatic rings. The van der Waals surface area contributed by atoms with Crippen LogP contribution in [0.3, 0.4) is 0 Å². The summed E-state index contributed by atoms with van der Waals surface area (Å²) in [6, 6.07) is 24.2. The summed E-state index contributed by atoms with van der Waals surface area (Å²) in [5.74, 6) is 1.10. The summed E-state index contributed by atoms with van der Waals surface area (Å²) in [4.78, 5) is 31.3. The average molecular weight is 553 g/mol. The number of hydrogen-bond donors (Lipinski definition) is 1. The molecule has 0 radical (unpaired) electrons. The minimum Gasteiger partial charge on any atom is -0.497 e. The molecule has 8 nitrogen and oxygen atoms in total. The fourth-order valence-electron chi connectivity index (χ4n) is 5.38. The van der Waals surface area contributed by atoms with Crippen LogP contribution in [0.1, 0.15) is 42.6 Å². The van der Waals surface area contributed by atoms with Crippen LogP contribution in [0.2, 0.25) is 0 Å². The molecule has 2 heterocycles. The van der Waals surface area contributed by atoms with Crippen LogP contribution in [0, 0.1) is 6.92 Å². The molecule has 1 aromatic heterocycles. The summed E-state index contributed by atoms with van der Waals surface area (Å²) in [5, 5.41) is 2.98. The van der Waals surface area contributed by atoms with E-state index in [0.29, 0.717) is 23.7 Å². The Labute approximate surface area is 241 Å². The topological polar surface area (TPSA) is 76.0 Å². The monoisotopic (exact) mass is 552 g/mol. The number of nitrogens with one attached hydrogen (secondary N) is 1. The smallest absolute Gasteiger partial charge is 0.322 e. The van der Waals surface area contributed by atoms with E-state index in [1.54, 1.807) is 24.0 Å². The van der Waals surface area contributed by atoms with Crippen LogP contribution in [0.15, 0.2) is 85.1 Å². The van der Waals surface area contributed by atoms with Gasteiger partial charge in [-0.3, -0.25) is 9.69 Å².